The molecule has 1 atom stereocenters. The van der Waals surface area contributed by atoms with E-state index in [-0.39, 0.29) is 11.8 Å². The van der Waals surface area contributed by atoms with Crippen LogP contribution in [0.15, 0.2) is 53.0 Å². The molecule has 2 rings (SSSR count). The summed E-state index contributed by atoms with van der Waals surface area (Å²) in [6, 6.07) is 14.4. The van der Waals surface area contributed by atoms with Crippen molar-refractivity contribution in [2.45, 2.75) is 19.6 Å². The zero-order valence-corrected chi connectivity index (χ0v) is 12.4. The maximum Gasteiger partial charge on any atom is 0.387 e. The zero-order chi connectivity index (χ0) is 14.5. The van der Waals surface area contributed by atoms with Crippen molar-refractivity contribution in [3.05, 3.63) is 58.6 Å². The molecular formula is C15H14BrF2NO. The van der Waals surface area contributed by atoms with Crippen molar-refractivity contribution in [1.29, 1.82) is 0 Å². The maximum absolute atomic E-state index is 12.4. The van der Waals surface area contributed by atoms with Crippen molar-refractivity contribution in [1.82, 2.24) is 0 Å². The normalized spacial score (nSPS) is 12.2. The lowest BCUT2D eigenvalue weighted by molar-refractivity contribution is -0.0493. The van der Waals surface area contributed by atoms with Crippen LogP contribution in [-0.4, -0.2) is 6.61 Å². The van der Waals surface area contributed by atoms with Gasteiger partial charge in [-0.05, 0) is 30.7 Å². The highest BCUT2D eigenvalue weighted by atomic mass is 79.9. The molecule has 0 fully saturated rings. The van der Waals surface area contributed by atoms with Crippen molar-refractivity contribution < 1.29 is 13.5 Å². The van der Waals surface area contributed by atoms with Crippen LogP contribution in [0.1, 0.15) is 18.5 Å². The van der Waals surface area contributed by atoms with E-state index in [4.69, 9.17) is 0 Å². The number of benzene rings is 2. The minimum atomic E-state index is -2.84. The average molecular weight is 342 g/mol. The topological polar surface area (TPSA) is 21.3 Å². The monoisotopic (exact) mass is 341 g/mol. The molecule has 0 saturated carbocycles. The fraction of sp³-hybridized carbons (Fsp3) is 0.200. The number of para-hydroxylation sites is 2. The van der Waals surface area contributed by atoms with E-state index in [1.54, 1.807) is 18.2 Å². The summed E-state index contributed by atoms with van der Waals surface area (Å²) >= 11 is 3.48. The quantitative estimate of drug-likeness (QED) is 0.804. The van der Waals surface area contributed by atoms with Crippen LogP contribution in [0.5, 0.6) is 5.75 Å². The molecule has 2 aromatic carbocycles. The Morgan fingerprint density at radius 1 is 1.05 bits per heavy atom. The largest absolute Gasteiger partial charge is 0.433 e. The molecule has 2 aromatic rings. The Morgan fingerprint density at radius 2 is 1.70 bits per heavy atom. The summed E-state index contributed by atoms with van der Waals surface area (Å²) in [6.45, 7) is -0.879. The van der Waals surface area contributed by atoms with Gasteiger partial charge < -0.3 is 10.1 Å². The van der Waals surface area contributed by atoms with E-state index in [1.165, 1.54) is 6.07 Å². The lowest BCUT2D eigenvalue weighted by atomic mass is 10.1. The van der Waals surface area contributed by atoms with Gasteiger partial charge in [0.15, 0.2) is 0 Å². The first kappa shape index (κ1) is 14.8. The average Bonchev–Trinajstić information content (AvgIpc) is 2.41. The van der Waals surface area contributed by atoms with Crippen LogP contribution >= 0.6 is 15.9 Å². The molecule has 0 bridgehead atoms. The standard InChI is InChI=1S/C15H14BrF2NO/c1-10(11-6-2-3-7-12(11)16)19-13-8-4-5-9-14(13)20-15(17)18/h2-10,15,19H,1H3. The van der Waals surface area contributed by atoms with Crippen molar-refractivity contribution >= 4 is 21.6 Å². The van der Waals surface area contributed by atoms with Crippen molar-refractivity contribution in [3.63, 3.8) is 0 Å². The molecule has 0 aromatic heterocycles. The first-order chi connectivity index (χ1) is 9.58. The van der Waals surface area contributed by atoms with Gasteiger partial charge in [0.1, 0.15) is 5.75 Å². The molecule has 106 valence electrons. The molecule has 0 saturated heterocycles. The summed E-state index contributed by atoms with van der Waals surface area (Å²) in [4.78, 5) is 0. The minimum absolute atomic E-state index is 0.0482. The highest BCUT2D eigenvalue weighted by Gasteiger charge is 2.13. The van der Waals surface area contributed by atoms with E-state index in [1.807, 2.05) is 31.2 Å². The summed E-state index contributed by atoms with van der Waals surface area (Å²) in [6.07, 6.45) is 0. The first-order valence-electron chi connectivity index (χ1n) is 6.12. The van der Waals surface area contributed by atoms with E-state index in [2.05, 4.69) is 26.0 Å². The van der Waals surface area contributed by atoms with E-state index < -0.39 is 6.61 Å². The number of anilines is 1. The molecule has 20 heavy (non-hydrogen) atoms. The molecule has 0 aliphatic heterocycles. The summed E-state index contributed by atoms with van der Waals surface area (Å²) < 4.78 is 30.2. The highest BCUT2D eigenvalue weighted by Crippen LogP contribution is 2.31. The molecule has 0 radical (unpaired) electrons. The van der Waals surface area contributed by atoms with E-state index in [9.17, 15) is 8.78 Å². The maximum atomic E-state index is 12.4. The van der Waals surface area contributed by atoms with Crippen LogP contribution in [0.3, 0.4) is 0 Å². The molecular weight excluding hydrogens is 328 g/mol. The molecule has 0 heterocycles. The van der Waals surface area contributed by atoms with Gasteiger partial charge in [0.25, 0.3) is 0 Å². The summed E-state index contributed by atoms with van der Waals surface area (Å²) in [5.74, 6) is 0.140. The second-order valence-electron chi connectivity index (χ2n) is 4.26. The van der Waals surface area contributed by atoms with Gasteiger partial charge in [-0.25, -0.2) is 0 Å². The number of halogens is 3. The number of hydrogen-bond acceptors (Lipinski definition) is 2. The van der Waals surface area contributed by atoms with Crippen LogP contribution in [0.4, 0.5) is 14.5 Å². The number of alkyl halides is 2. The third-order valence-corrected chi connectivity index (χ3v) is 3.57. The van der Waals surface area contributed by atoms with Crippen LogP contribution in [0.25, 0.3) is 0 Å². The lowest BCUT2D eigenvalue weighted by Crippen LogP contribution is -2.10. The molecule has 2 nitrogen and oxygen atoms in total. The van der Waals surface area contributed by atoms with Gasteiger partial charge in [-0.15, -0.1) is 0 Å². The van der Waals surface area contributed by atoms with Gasteiger partial charge in [0.05, 0.1) is 5.69 Å². The third-order valence-electron chi connectivity index (χ3n) is 2.85. The van der Waals surface area contributed by atoms with Gasteiger partial charge in [-0.1, -0.05) is 46.3 Å². The Kier molecular flexibility index (Phi) is 4.95. The fourth-order valence-corrected chi connectivity index (χ4v) is 2.55. The van der Waals surface area contributed by atoms with Crippen molar-refractivity contribution in [2.24, 2.45) is 0 Å². The van der Waals surface area contributed by atoms with Gasteiger partial charge in [-0.2, -0.15) is 8.78 Å². The van der Waals surface area contributed by atoms with Gasteiger partial charge in [-0.3, -0.25) is 0 Å². The molecule has 5 heteroatoms. The Balaban J connectivity index is 2.20. The van der Waals surface area contributed by atoms with E-state index in [0.29, 0.717) is 5.69 Å². The first-order valence-corrected chi connectivity index (χ1v) is 6.92. The van der Waals surface area contributed by atoms with Crippen LogP contribution in [-0.2, 0) is 0 Å². The summed E-state index contributed by atoms with van der Waals surface area (Å²) in [7, 11) is 0. The van der Waals surface area contributed by atoms with Crippen LogP contribution in [0.2, 0.25) is 0 Å². The number of rotatable bonds is 5. The predicted molar refractivity (Wildman–Crippen MR) is 79.3 cm³/mol. The number of hydrogen-bond donors (Lipinski definition) is 1. The fourth-order valence-electron chi connectivity index (χ4n) is 1.92. The molecule has 1 N–H and O–H groups in total. The van der Waals surface area contributed by atoms with Crippen molar-refractivity contribution in [3.8, 4) is 5.75 Å². The van der Waals surface area contributed by atoms with Gasteiger partial charge in [0.2, 0.25) is 0 Å². The smallest absolute Gasteiger partial charge is 0.387 e. The Labute approximate surface area is 124 Å². The van der Waals surface area contributed by atoms with Crippen LogP contribution < -0.4 is 10.1 Å². The van der Waals surface area contributed by atoms with Crippen molar-refractivity contribution in [2.75, 3.05) is 5.32 Å². The Morgan fingerprint density at radius 3 is 2.40 bits per heavy atom. The molecule has 0 aliphatic rings. The zero-order valence-electron chi connectivity index (χ0n) is 10.8. The predicted octanol–water partition coefficient (Wildman–Crippen LogP) is 5.22. The third kappa shape index (κ3) is 3.70. The summed E-state index contributed by atoms with van der Waals surface area (Å²) in [5.41, 5.74) is 1.58. The second kappa shape index (κ2) is 6.70. The Bertz CT molecular complexity index is 577. The van der Waals surface area contributed by atoms with Gasteiger partial charge >= 0.3 is 6.61 Å². The van der Waals surface area contributed by atoms with E-state index >= 15 is 0 Å². The summed E-state index contributed by atoms with van der Waals surface area (Å²) in [5, 5.41) is 3.18. The molecule has 1 unspecified atom stereocenters. The SMILES string of the molecule is CC(Nc1ccccc1OC(F)F)c1ccccc1Br. The second-order valence-corrected chi connectivity index (χ2v) is 5.12. The highest BCUT2D eigenvalue weighted by molar-refractivity contribution is 9.10. The lowest BCUT2D eigenvalue weighted by Gasteiger charge is -2.19. The molecule has 0 aliphatic carbocycles. The minimum Gasteiger partial charge on any atom is -0.433 e. The number of ether oxygens (including phenoxy) is 1. The Hall–Kier alpha value is -1.62. The van der Waals surface area contributed by atoms with E-state index in [0.717, 1.165) is 10.0 Å². The number of nitrogens with one attached hydrogen (secondary N) is 1. The van der Waals surface area contributed by atoms with Gasteiger partial charge in [0, 0.05) is 10.5 Å². The molecule has 0 amide bonds. The van der Waals surface area contributed by atoms with Crippen LogP contribution in [0, 0.1) is 0 Å². The molecule has 0 spiro atoms.